The van der Waals surface area contributed by atoms with Gasteiger partial charge in [-0.05, 0) is 18.9 Å². The summed E-state index contributed by atoms with van der Waals surface area (Å²) in [5, 5.41) is 10.6. The number of thiophene rings is 1. The van der Waals surface area contributed by atoms with Crippen LogP contribution in [0.5, 0.6) is 0 Å². The summed E-state index contributed by atoms with van der Waals surface area (Å²) in [5.74, 6) is 5.34. The molecule has 2 fully saturated rings. The molecule has 2 bridgehead atoms. The first-order valence-electron chi connectivity index (χ1n) is 6.87. The first kappa shape index (κ1) is 14.3. The number of imide groups is 1. The van der Waals surface area contributed by atoms with Gasteiger partial charge in [0, 0.05) is 22.2 Å². The van der Waals surface area contributed by atoms with E-state index in [9.17, 15) is 9.59 Å². The lowest BCUT2D eigenvalue weighted by Crippen LogP contribution is -2.51. The van der Waals surface area contributed by atoms with Gasteiger partial charge in [0.15, 0.2) is 0 Å². The number of hydrogen-bond donors (Lipinski definition) is 1. The Kier molecular flexibility index (Phi) is 4.06. The Morgan fingerprint density at radius 3 is 2.71 bits per heavy atom. The van der Waals surface area contributed by atoms with E-state index in [-0.39, 0.29) is 18.4 Å². The molecule has 3 heterocycles. The monoisotopic (exact) mass is 305 g/mol. The number of likely N-dealkylation sites (tertiary alicyclic amines) is 1. The molecule has 0 spiro atoms. The molecule has 1 N–H and O–H groups in total. The van der Waals surface area contributed by atoms with Crippen molar-refractivity contribution in [2.45, 2.75) is 38.0 Å². The van der Waals surface area contributed by atoms with Crippen LogP contribution in [-0.2, 0) is 20.9 Å². The molecule has 0 aliphatic carbocycles. The van der Waals surface area contributed by atoms with Crippen molar-refractivity contribution in [2.75, 3.05) is 6.61 Å². The zero-order valence-corrected chi connectivity index (χ0v) is 12.2. The Morgan fingerprint density at radius 2 is 2.05 bits per heavy atom. The quantitative estimate of drug-likeness (QED) is 0.665. The first-order chi connectivity index (χ1) is 10.2. The molecule has 21 heavy (non-hydrogen) atoms. The van der Waals surface area contributed by atoms with Crippen molar-refractivity contribution < 1.29 is 19.4 Å². The molecular weight excluding hydrogens is 290 g/mol. The van der Waals surface area contributed by atoms with Gasteiger partial charge in [0.05, 0.1) is 13.2 Å². The van der Waals surface area contributed by atoms with E-state index < -0.39 is 12.2 Å². The third-order valence-corrected chi connectivity index (χ3v) is 4.46. The van der Waals surface area contributed by atoms with Crippen LogP contribution in [0.4, 0.5) is 0 Å². The van der Waals surface area contributed by atoms with E-state index in [0.717, 1.165) is 10.4 Å². The van der Waals surface area contributed by atoms with Gasteiger partial charge in [-0.15, -0.1) is 11.3 Å². The standard InChI is InChI=1S/C15H15NO4S/c17-6-2-1-3-10-7-11(21-9-10)8-16-14(18)12-4-5-13(20-12)15(16)19/h7,9,12-13,17H,2,4-6,8H2. The number of morpholine rings is 1. The minimum Gasteiger partial charge on any atom is -0.395 e. The number of fused-ring (bicyclic) bond motifs is 2. The van der Waals surface area contributed by atoms with Crippen molar-refractivity contribution in [3.05, 3.63) is 21.9 Å². The average Bonchev–Trinajstić information content (AvgIpc) is 3.10. The first-order valence-corrected chi connectivity index (χ1v) is 7.75. The lowest BCUT2D eigenvalue weighted by Gasteiger charge is -2.29. The van der Waals surface area contributed by atoms with Crippen LogP contribution in [-0.4, -0.2) is 40.6 Å². The van der Waals surface area contributed by atoms with Crippen LogP contribution in [0, 0.1) is 11.8 Å². The number of carbonyl (C=O) groups excluding carboxylic acids is 2. The second kappa shape index (κ2) is 5.98. The number of hydrogen-bond acceptors (Lipinski definition) is 5. The van der Waals surface area contributed by atoms with E-state index in [1.165, 1.54) is 16.2 Å². The Hall–Kier alpha value is -1.68. The number of carbonyl (C=O) groups is 2. The van der Waals surface area contributed by atoms with E-state index in [1.54, 1.807) is 0 Å². The summed E-state index contributed by atoms with van der Waals surface area (Å²) < 4.78 is 5.38. The molecule has 0 saturated carbocycles. The van der Waals surface area contributed by atoms with Gasteiger partial charge in [0.25, 0.3) is 11.8 Å². The maximum absolute atomic E-state index is 12.1. The number of ether oxygens (including phenoxy) is 1. The van der Waals surface area contributed by atoms with Gasteiger partial charge < -0.3 is 9.84 Å². The minimum atomic E-state index is -0.448. The largest absolute Gasteiger partial charge is 0.395 e. The molecule has 2 unspecified atom stereocenters. The van der Waals surface area contributed by atoms with E-state index in [1.807, 2.05) is 11.4 Å². The van der Waals surface area contributed by atoms with Gasteiger partial charge in [-0.2, -0.15) is 0 Å². The van der Waals surface area contributed by atoms with Crippen molar-refractivity contribution in [1.82, 2.24) is 4.90 Å². The van der Waals surface area contributed by atoms with E-state index in [2.05, 4.69) is 11.8 Å². The second-order valence-corrected chi connectivity index (χ2v) is 6.03. The second-order valence-electron chi connectivity index (χ2n) is 5.03. The summed E-state index contributed by atoms with van der Waals surface area (Å²) in [4.78, 5) is 26.5. The maximum Gasteiger partial charge on any atom is 0.258 e. The van der Waals surface area contributed by atoms with Gasteiger partial charge in [0.2, 0.25) is 0 Å². The number of aliphatic hydroxyl groups is 1. The van der Waals surface area contributed by atoms with Crippen molar-refractivity contribution in [1.29, 1.82) is 0 Å². The minimum absolute atomic E-state index is 0.0452. The average molecular weight is 305 g/mol. The molecule has 2 aliphatic rings. The normalized spacial score (nSPS) is 24.1. The summed E-state index contributed by atoms with van der Waals surface area (Å²) in [5.41, 5.74) is 0.847. The Bertz CT molecular complexity index is 605. The topological polar surface area (TPSA) is 66.8 Å². The number of amides is 2. The highest BCUT2D eigenvalue weighted by Gasteiger charge is 2.46. The highest BCUT2D eigenvalue weighted by Crippen LogP contribution is 2.30. The van der Waals surface area contributed by atoms with Gasteiger partial charge in [-0.1, -0.05) is 11.8 Å². The summed E-state index contributed by atoms with van der Waals surface area (Å²) >= 11 is 1.48. The van der Waals surface area contributed by atoms with Crippen LogP contribution in [0.15, 0.2) is 11.4 Å². The van der Waals surface area contributed by atoms with Gasteiger partial charge in [-0.25, -0.2) is 0 Å². The predicted octanol–water partition coefficient (Wildman–Crippen LogP) is 0.898. The lowest BCUT2D eigenvalue weighted by atomic mass is 10.2. The zero-order chi connectivity index (χ0) is 14.8. The molecule has 110 valence electrons. The van der Waals surface area contributed by atoms with E-state index in [0.29, 0.717) is 25.8 Å². The molecular formula is C15H15NO4S. The highest BCUT2D eigenvalue weighted by molar-refractivity contribution is 7.10. The molecule has 2 atom stereocenters. The van der Waals surface area contributed by atoms with Gasteiger partial charge >= 0.3 is 0 Å². The van der Waals surface area contributed by atoms with Crippen molar-refractivity contribution in [2.24, 2.45) is 0 Å². The van der Waals surface area contributed by atoms with Crippen molar-refractivity contribution in [3.8, 4) is 11.8 Å². The molecule has 2 amide bonds. The smallest absolute Gasteiger partial charge is 0.258 e. The van der Waals surface area contributed by atoms with Gasteiger partial charge in [0.1, 0.15) is 12.2 Å². The van der Waals surface area contributed by atoms with Crippen LogP contribution >= 0.6 is 11.3 Å². The predicted molar refractivity (Wildman–Crippen MR) is 76.4 cm³/mol. The molecule has 3 rings (SSSR count). The van der Waals surface area contributed by atoms with Crippen LogP contribution in [0.2, 0.25) is 0 Å². The van der Waals surface area contributed by atoms with Crippen LogP contribution in [0.25, 0.3) is 0 Å². The Balaban J connectivity index is 1.70. The summed E-state index contributed by atoms with van der Waals surface area (Å²) in [6.45, 7) is 0.337. The SMILES string of the molecule is O=C1C2CCC(O2)C(=O)N1Cc1cc(C#CCCO)cs1. The van der Waals surface area contributed by atoms with Gasteiger partial charge in [-0.3, -0.25) is 14.5 Å². The maximum atomic E-state index is 12.1. The molecule has 2 saturated heterocycles. The Morgan fingerprint density at radius 1 is 1.33 bits per heavy atom. The number of rotatable bonds is 3. The summed E-state index contributed by atoms with van der Waals surface area (Å²) in [6.07, 6.45) is 0.810. The molecule has 6 heteroatoms. The molecule has 1 aromatic heterocycles. The lowest BCUT2D eigenvalue weighted by molar-refractivity contribution is -0.169. The van der Waals surface area contributed by atoms with Crippen LogP contribution < -0.4 is 0 Å². The summed E-state index contributed by atoms with van der Waals surface area (Å²) in [7, 11) is 0. The molecule has 0 aromatic carbocycles. The molecule has 5 nitrogen and oxygen atoms in total. The third-order valence-electron chi connectivity index (χ3n) is 3.54. The Labute approximate surface area is 126 Å². The van der Waals surface area contributed by atoms with Crippen molar-refractivity contribution >= 4 is 23.2 Å². The highest BCUT2D eigenvalue weighted by atomic mass is 32.1. The zero-order valence-electron chi connectivity index (χ0n) is 11.4. The van der Waals surface area contributed by atoms with Crippen LogP contribution in [0.3, 0.4) is 0 Å². The van der Waals surface area contributed by atoms with E-state index in [4.69, 9.17) is 9.84 Å². The molecule has 0 radical (unpaired) electrons. The van der Waals surface area contributed by atoms with Crippen molar-refractivity contribution in [3.63, 3.8) is 0 Å². The molecule has 1 aromatic rings. The fourth-order valence-electron chi connectivity index (χ4n) is 2.52. The van der Waals surface area contributed by atoms with Crippen LogP contribution in [0.1, 0.15) is 29.7 Å². The van der Waals surface area contributed by atoms with E-state index >= 15 is 0 Å². The fourth-order valence-corrected chi connectivity index (χ4v) is 3.32. The molecule has 2 aliphatic heterocycles. The summed E-state index contributed by atoms with van der Waals surface area (Å²) in [6, 6.07) is 1.88. The fraction of sp³-hybridized carbons (Fsp3) is 0.467. The number of nitrogens with zero attached hydrogens (tertiary/aromatic N) is 1. The third kappa shape index (κ3) is 2.86. The number of aliphatic hydroxyl groups excluding tert-OH is 1.